The summed E-state index contributed by atoms with van der Waals surface area (Å²) in [6.07, 6.45) is 3.80. The van der Waals surface area contributed by atoms with Gasteiger partial charge in [0, 0.05) is 5.41 Å². The molecule has 0 amide bonds. The molecule has 110 valence electrons. The van der Waals surface area contributed by atoms with Crippen molar-refractivity contribution in [2.45, 2.75) is 78.9 Å². The van der Waals surface area contributed by atoms with E-state index in [1.807, 2.05) is 0 Å². The summed E-state index contributed by atoms with van der Waals surface area (Å²) in [5.41, 5.74) is 1.99. The Morgan fingerprint density at radius 2 is 1.79 bits per heavy atom. The van der Waals surface area contributed by atoms with E-state index in [1.54, 1.807) is 0 Å². The van der Waals surface area contributed by atoms with Crippen LogP contribution in [-0.2, 0) is 4.53 Å². The first-order valence-corrected chi connectivity index (χ1v) is 10.6. The Labute approximate surface area is 120 Å². The summed E-state index contributed by atoms with van der Waals surface area (Å²) in [4.78, 5) is 0. The molecule has 2 atom stereocenters. The Balaban J connectivity index is 2.20. The second-order valence-electron chi connectivity index (χ2n) is 8.88. The Morgan fingerprint density at radius 1 is 1.21 bits per heavy atom. The maximum atomic E-state index is 6.12. The molecule has 0 heterocycles. The van der Waals surface area contributed by atoms with Gasteiger partial charge >= 0.3 is 0 Å². The van der Waals surface area contributed by atoms with Crippen molar-refractivity contribution in [3.8, 4) is 0 Å². The van der Waals surface area contributed by atoms with Crippen LogP contribution in [0.3, 0.4) is 0 Å². The first-order valence-electron chi connectivity index (χ1n) is 7.67. The lowest BCUT2D eigenvalue weighted by Gasteiger charge is -2.36. The molecule has 2 rings (SSSR count). The van der Waals surface area contributed by atoms with Gasteiger partial charge < -0.3 is 4.53 Å². The van der Waals surface area contributed by atoms with Crippen LogP contribution < -0.4 is 0 Å². The Hall–Kier alpha value is -0.313. The second-order valence-corrected chi connectivity index (χ2v) is 13.6. The molecule has 0 aromatic carbocycles. The van der Waals surface area contributed by atoms with E-state index in [0.717, 1.165) is 12.3 Å². The molecule has 2 saturated carbocycles. The van der Waals surface area contributed by atoms with Crippen LogP contribution in [0, 0.1) is 16.7 Å². The molecule has 0 aromatic rings. The predicted molar refractivity (Wildman–Crippen MR) is 84.9 cm³/mol. The van der Waals surface area contributed by atoms with Crippen molar-refractivity contribution < 1.29 is 4.53 Å². The number of hydrogen-bond donors (Lipinski definition) is 0. The number of oxime groups is 1. The largest absolute Gasteiger partial charge is 0.455 e. The summed E-state index contributed by atoms with van der Waals surface area (Å²) in [7, 11) is -1.77. The van der Waals surface area contributed by atoms with Crippen LogP contribution in [0.4, 0.5) is 0 Å². The van der Waals surface area contributed by atoms with E-state index in [-0.39, 0.29) is 10.5 Å². The van der Waals surface area contributed by atoms with E-state index < -0.39 is 8.32 Å². The van der Waals surface area contributed by atoms with Gasteiger partial charge in [-0.1, -0.05) is 41.5 Å². The summed E-state index contributed by atoms with van der Waals surface area (Å²) in [5.74, 6) is 0.805. The van der Waals surface area contributed by atoms with Gasteiger partial charge in [-0.2, -0.15) is 0 Å². The van der Waals surface area contributed by atoms with E-state index in [2.05, 4.69) is 59.8 Å². The van der Waals surface area contributed by atoms with Crippen molar-refractivity contribution in [1.82, 2.24) is 0 Å². The molecule has 3 heteroatoms. The highest BCUT2D eigenvalue weighted by Crippen LogP contribution is 2.64. The Morgan fingerprint density at radius 3 is 2.16 bits per heavy atom. The fourth-order valence-corrected chi connectivity index (χ4v) is 3.98. The standard InChI is InChI=1S/C16H31NOSi/c1-14(2,3)19(7,8)18-17-13-11-12-9-10-16(13,6)15(12,4)5/h12H,9-11H2,1-8H3/b17-13+/t12-,16+/m1/s1. The van der Waals surface area contributed by atoms with Crippen molar-refractivity contribution in [1.29, 1.82) is 0 Å². The molecule has 0 radical (unpaired) electrons. The topological polar surface area (TPSA) is 21.6 Å². The highest BCUT2D eigenvalue weighted by atomic mass is 28.4. The van der Waals surface area contributed by atoms with Crippen LogP contribution in [0.25, 0.3) is 0 Å². The minimum Gasteiger partial charge on any atom is -0.455 e. The van der Waals surface area contributed by atoms with Crippen molar-refractivity contribution >= 4 is 14.0 Å². The molecule has 2 bridgehead atoms. The molecule has 2 aliphatic rings. The van der Waals surface area contributed by atoms with Gasteiger partial charge in [-0.25, -0.2) is 0 Å². The van der Waals surface area contributed by atoms with Gasteiger partial charge in [0.15, 0.2) is 0 Å². The molecule has 0 saturated heterocycles. The molecule has 0 spiro atoms. The maximum Gasteiger partial charge on any atom is 0.286 e. The molecule has 0 aliphatic heterocycles. The molecule has 19 heavy (non-hydrogen) atoms. The van der Waals surface area contributed by atoms with Crippen LogP contribution >= 0.6 is 0 Å². The number of fused-ring (bicyclic) bond motifs is 2. The van der Waals surface area contributed by atoms with Crippen LogP contribution in [0.15, 0.2) is 5.16 Å². The lowest BCUT2D eigenvalue weighted by molar-refractivity contribution is 0.190. The zero-order chi connectivity index (χ0) is 14.7. The molecule has 0 N–H and O–H groups in total. The fraction of sp³-hybridized carbons (Fsp3) is 0.938. The lowest BCUT2D eigenvalue weighted by atomic mass is 9.70. The third kappa shape index (κ3) is 2.09. The first kappa shape index (κ1) is 15.1. The lowest BCUT2D eigenvalue weighted by Crippen LogP contribution is -2.40. The van der Waals surface area contributed by atoms with E-state index in [1.165, 1.54) is 18.6 Å². The van der Waals surface area contributed by atoms with Crippen molar-refractivity contribution in [3.63, 3.8) is 0 Å². The highest BCUT2D eigenvalue weighted by Gasteiger charge is 2.60. The minimum absolute atomic E-state index is 0.227. The quantitative estimate of drug-likeness (QED) is 0.503. The molecule has 2 fully saturated rings. The Bertz CT molecular complexity index is 405. The highest BCUT2D eigenvalue weighted by molar-refractivity contribution is 6.74. The minimum atomic E-state index is -1.77. The van der Waals surface area contributed by atoms with Crippen LogP contribution in [0.1, 0.15) is 60.8 Å². The molecule has 0 aromatic heterocycles. The molecule has 0 unspecified atom stereocenters. The van der Waals surface area contributed by atoms with Gasteiger partial charge in [0.2, 0.25) is 0 Å². The second kappa shape index (κ2) is 4.09. The normalized spacial score (nSPS) is 36.0. The molecule has 2 nitrogen and oxygen atoms in total. The summed E-state index contributed by atoms with van der Waals surface area (Å²) in [6.45, 7) is 18.6. The van der Waals surface area contributed by atoms with Gasteiger partial charge in [-0.15, -0.1) is 5.16 Å². The van der Waals surface area contributed by atoms with Gasteiger partial charge in [-0.05, 0) is 48.7 Å². The number of rotatable bonds is 2. The molecular weight excluding hydrogens is 250 g/mol. The SMILES string of the molecule is CC1(C)[C@@H]2CC[C@@]1(C)/C(=N/O[Si](C)(C)C(C)(C)C)C2. The predicted octanol–water partition coefficient (Wildman–Crippen LogP) is 5.21. The first-order chi connectivity index (χ1) is 8.42. The van der Waals surface area contributed by atoms with E-state index >= 15 is 0 Å². The van der Waals surface area contributed by atoms with Gasteiger partial charge in [0.1, 0.15) is 0 Å². The van der Waals surface area contributed by atoms with Crippen molar-refractivity contribution in [2.24, 2.45) is 21.9 Å². The van der Waals surface area contributed by atoms with Crippen molar-refractivity contribution in [3.05, 3.63) is 0 Å². The third-order valence-electron chi connectivity index (χ3n) is 6.70. The number of nitrogens with zero attached hydrogens (tertiary/aromatic N) is 1. The average Bonchev–Trinajstić information content (AvgIpc) is 2.57. The smallest absolute Gasteiger partial charge is 0.286 e. The molecule has 2 aliphatic carbocycles. The summed E-state index contributed by atoms with van der Waals surface area (Å²) in [5, 5.41) is 4.92. The van der Waals surface area contributed by atoms with Crippen LogP contribution in [0.2, 0.25) is 18.1 Å². The maximum absolute atomic E-state index is 6.12. The van der Waals surface area contributed by atoms with Crippen LogP contribution in [-0.4, -0.2) is 14.0 Å². The monoisotopic (exact) mass is 281 g/mol. The summed E-state index contributed by atoms with van der Waals surface area (Å²) < 4.78 is 6.12. The van der Waals surface area contributed by atoms with Gasteiger partial charge in [0.25, 0.3) is 8.32 Å². The van der Waals surface area contributed by atoms with Gasteiger partial charge in [0.05, 0.1) is 5.71 Å². The van der Waals surface area contributed by atoms with E-state index in [4.69, 9.17) is 4.53 Å². The zero-order valence-corrected chi connectivity index (χ0v) is 15.1. The Kier molecular flexibility index (Phi) is 3.25. The number of hydrogen-bond acceptors (Lipinski definition) is 2. The third-order valence-corrected chi connectivity index (χ3v) is 10.9. The van der Waals surface area contributed by atoms with Gasteiger partial charge in [-0.3, -0.25) is 0 Å². The molecular formula is C16H31NOSi. The summed E-state index contributed by atoms with van der Waals surface area (Å²) >= 11 is 0. The van der Waals surface area contributed by atoms with Crippen molar-refractivity contribution in [2.75, 3.05) is 0 Å². The fourth-order valence-electron chi connectivity index (χ4n) is 3.37. The zero-order valence-electron chi connectivity index (χ0n) is 14.1. The summed E-state index contributed by atoms with van der Waals surface area (Å²) in [6, 6.07) is 0. The average molecular weight is 282 g/mol. The van der Waals surface area contributed by atoms with Crippen LogP contribution in [0.5, 0.6) is 0 Å². The van der Waals surface area contributed by atoms with E-state index in [0.29, 0.717) is 5.41 Å². The van der Waals surface area contributed by atoms with E-state index in [9.17, 15) is 0 Å².